The first-order valence-corrected chi connectivity index (χ1v) is 6.62. The number of hydrogen-bond donors (Lipinski definition) is 2. The maximum atomic E-state index is 5.64. The van der Waals surface area contributed by atoms with Crippen LogP contribution < -0.4 is 11.3 Å². The third kappa shape index (κ3) is 2.93. The Hall–Kier alpha value is -0.750. The van der Waals surface area contributed by atoms with Gasteiger partial charge in [0.2, 0.25) is 0 Å². The second-order valence-corrected chi connectivity index (χ2v) is 5.32. The van der Waals surface area contributed by atoms with E-state index in [0.717, 1.165) is 20.1 Å². The number of halogens is 2. The van der Waals surface area contributed by atoms with E-state index in [0.29, 0.717) is 0 Å². The van der Waals surface area contributed by atoms with Gasteiger partial charge in [-0.1, -0.05) is 37.9 Å². The molecule has 0 amide bonds. The number of nitrogens with one attached hydrogen (secondary N) is 1. The molecule has 5 heteroatoms. The zero-order chi connectivity index (χ0) is 12.3. The number of nitrogens with two attached hydrogens (primary N) is 1. The van der Waals surface area contributed by atoms with Crippen molar-refractivity contribution in [2.45, 2.75) is 6.04 Å². The van der Waals surface area contributed by atoms with Crippen molar-refractivity contribution in [3.8, 4) is 0 Å². The highest BCUT2D eigenvalue weighted by atomic mass is 79.9. The van der Waals surface area contributed by atoms with Gasteiger partial charge in [0.15, 0.2) is 0 Å². The lowest BCUT2D eigenvalue weighted by atomic mass is 10.0. The molecule has 0 spiro atoms. The van der Waals surface area contributed by atoms with Crippen molar-refractivity contribution in [1.82, 2.24) is 10.4 Å². The molecule has 0 radical (unpaired) electrons. The standard InChI is InChI=1S/C12H11Br2N3/c13-9-3-4-11(14)10(6-9)12(17-15)8-2-1-5-16-7-8/h1-7,12,17H,15H2. The van der Waals surface area contributed by atoms with Gasteiger partial charge in [-0.2, -0.15) is 0 Å². The molecule has 1 aromatic carbocycles. The maximum Gasteiger partial charge on any atom is 0.0736 e. The van der Waals surface area contributed by atoms with Gasteiger partial charge in [0.05, 0.1) is 6.04 Å². The summed E-state index contributed by atoms with van der Waals surface area (Å²) in [5.41, 5.74) is 4.90. The Morgan fingerprint density at radius 2 is 2.06 bits per heavy atom. The van der Waals surface area contributed by atoms with E-state index in [4.69, 9.17) is 5.84 Å². The van der Waals surface area contributed by atoms with E-state index >= 15 is 0 Å². The molecular formula is C12H11Br2N3. The molecule has 88 valence electrons. The lowest BCUT2D eigenvalue weighted by Gasteiger charge is -2.18. The van der Waals surface area contributed by atoms with E-state index in [1.165, 1.54) is 0 Å². The molecule has 0 aliphatic heterocycles. The Labute approximate surface area is 117 Å². The first-order valence-electron chi connectivity index (χ1n) is 5.03. The molecule has 0 saturated heterocycles. The predicted molar refractivity (Wildman–Crippen MR) is 75.2 cm³/mol. The van der Waals surface area contributed by atoms with Gasteiger partial charge in [-0.3, -0.25) is 10.8 Å². The molecule has 2 rings (SSSR count). The van der Waals surface area contributed by atoms with Crippen LogP contribution in [-0.4, -0.2) is 4.98 Å². The lowest BCUT2D eigenvalue weighted by molar-refractivity contribution is 0.632. The summed E-state index contributed by atoms with van der Waals surface area (Å²) in [7, 11) is 0. The van der Waals surface area contributed by atoms with Gasteiger partial charge in [-0.25, -0.2) is 5.43 Å². The summed E-state index contributed by atoms with van der Waals surface area (Å²) in [6.45, 7) is 0. The molecule has 2 aromatic rings. The van der Waals surface area contributed by atoms with Crippen LogP contribution in [0.5, 0.6) is 0 Å². The minimum atomic E-state index is -0.0874. The van der Waals surface area contributed by atoms with Crippen LogP contribution in [0.2, 0.25) is 0 Å². The molecule has 1 atom stereocenters. The van der Waals surface area contributed by atoms with Crippen molar-refractivity contribution < 1.29 is 0 Å². The fraction of sp³-hybridized carbons (Fsp3) is 0.0833. The molecule has 1 heterocycles. The normalized spacial score (nSPS) is 12.4. The van der Waals surface area contributed by atoms with Crippen molar-refractivity contribution >= 4 is 31.9 Å². The number of aromatic nitrogens is 1. The van der Waals surface area contributed by atoms with Crippen LogP contribution in [0.1, 0.15) is 17.2 Å². The van der Waals surface area contributed by atoms with E-state index in [1.807, 2.05) is 30.3 Å². The van der Waals surface area contributed by atoms with E-state index in [-0.39, 0.29) is 6.04 Å². The SMILES string of the molecule is NNC(c1cccnc1)c1cc(Br)ccc1Br. The molecule has 0 bridgehead atoms. The summed E-state index contributed by atoms with van der Waals surface area (Å²) in [4.78, 5) is 4.11. The molecule has 1 aromatic heterocycles. The Bertz CT molecular complexity index is 502. The number of benzene rings is 1. The Kier molecular flexibility index (Phi) is 4.28. The van der Waals surface area contributed by atoms with Gasteiger partial charge >= 0.3 is 0 Å². The number of nitrogens with zero attached hydrogens (tertiary/aromatic N) is 1. The summed E-state index contributed by atoms with van der Waals surface area (Å²) in [6.07, 6.45) is 3.55. The molecule has 1 unspecified atom stereocenters. The van der Waals surface area contributed by atoms with Crippen LogP contribution in [-0.2, 0) is 0 Å². The molecular weight excluding hydrogens is 346 g/mol. The van der Waals surface area contributed by atoms with Crippen molar-refractivity contribution in [1.29, 1.82) is 0 Å². The highest BCUT2D eigenvalue weighted by molar-refractivity contribution is 9.11. The average molecular weight is 357 g/mol. The number of rotatable bonds is 3. The third-order valence-electron chi connectivity index (χ3n) is 2.45. The average Bonchev–Trinajstić information content (AvgIpc) is 2.36. The van der Waals surface area contributed by atoms with Crippen LogP contribution in [0.4, 0.5) is 0 Å². The van der Waals surface area contributed by atoms with Crippen LogP contribution >= 0.6 is 31.9 Å². The van der Waals surface area contributed by atoms with Crippen LogP contribution in [0.15, 0.2) is 51.7 Å². The predicted octanol–water partition coefficient (Wildman–Crippen LogP) is 3.16. The topological polar surface area (TPSA) is 50.9 Å². The maximum absolute atomic E-state index is 5.64. The number of hydrazine groups is 1. The minimum absolute atomic E-state index is 0.0874. The van der Waals surface area contributed by atoms with Crippen LogP contribution in [0.3, 0.4) is 0 Å². The van der Waals surface area contributed by atoms with Gasteiger partial charge in [0.25, 0.3) is 0 Å². The van der Waals surface area contributed by atoms with Gasteiger partial charge in [0.1, 0.15) is 0 Å². The molecule has 0 aliphatic rings. The lowest BCUT2D eigenvalue weighted by Crippen LogP contribution is -2.29. The smallest absolute Gasteiger partial charge is 0.0736 e. The highest BCUT2D eigenvalue weighted by Gasteiger charge is 2.15. The number of pyridine rings is 1. The van der Waals surface area contributed by atoms with Gasteiger partial charge < -0.3 is 0 Å². The van der Waals surface area contributed by atoms with Crippen molar-refractivity contribution in [3.63, 3.8) is 0 Å². The van der Waals surface area contributed by atoms with Gasteiger partial charge in [-0.05, 0) is 35.4 Å². The largest absolute Gasteiger partial charge is 0.271 e. The molecule has 3 nitrogen and oxygen atoms in total. The van der Waals surface area contributed by atoms with Gasteiger partial charge in [-0.15, -0.1) is 0 Å². The third-order valence-corrected chi connectivity index (χ3v) is 3.67. The molecule has 0 saturated carbocycles. The fourth-order valence-electron chi connectivity index (χ4n) is 1.65. The van der Waals surface area contributed by atoms with E-state index < -0.39 is 0 Å². The highest BCUT2D eigenvalue weighted by Crippen LogP contribution is 2.30. The summed E-state index contributed by atoms with van der Waals surface area (Å²) < 4.78 is 2.02. The van der Waals surface area contributed by atoms with E-state index in [1.54, 1.807) is 12.4 Å². The van der Waals surface area contributed by atoms with Crippen molar-refractivity contribution in [2.24, 2.45) is 5.84 Å². The summed E-state index contributed by atoms with van der Waals surface area (Å²) in [6, 6.07) is 9.79. The molecule has 0 aliphatic carbocycles. The van der Waals surface area contributed by atoms with E-state index in [9.17, 15) is 0 Å². The van der Waals surface area contributed by atoms with Crippen LogP contribution in [0.25, 0.3) is 0 Å². The summed E-state index contributed by atoms with van der Waals surface area (Å²) >= 11 is 6.99. The van der Waals surface area contributed by atoms with E-state index in [2.05, 4.69) is 42.3 Å². The van der Waals surface area contributed by atoms with Crippen LogP contribution in [0, 0.1) is 0 Å². The van der Waals surface area contributed by atoms with Crippen molar-refractivity contribution in [3.05, 3.63) is 62.8 Å². The second-order valence-electron chi connectivity index (χ2n) is 3.55. The molecule has 17 heavy (non-hydrogen) atoms. The molecule has 3 N–H and O–H groups in total. The monoisotopic (exact) mass is 355 g/mol. The second kappa shape index (κ2) is 5.73. The first-order chi connectivity index (χ1) is 8.22. The fourth-order valence-corrected chi connectivity index (χ4v) is 2.50. The first kappa shape index (κ1) is 12.7. The van der Waals surface area contributed by atoms with Crippen molar-refractivity contribution in [2.75, 3.05) is 0 Å². The Morgan fingerprint density at radius 3 is 2.71 bits per heavy atom. The minimum Gasteiger partial charge on any atom is -0.271 e. The quantitative estimate of drug-likeness (QED) is 0.656. The van der Waals surface area contributed by atoms with Gasteiger partial charge in [0, 0.05) is 21.3 Å². The summed E-state index contributed by atoms with van der Waals surface area (Å²) in [5, 5.41) is 0. The molecule has 0 fully saturated rings. The number of hydrogen-bond acceptors (Lipinski definition) is 3. The Balaban J connectivity index is 2.46. The zero-order valence-corrected chi connectivity index (χ0v) is 12.1. The zero-order valence-electron chi connectivity index (χ0n) is 8.90. The summed E-state index contributed by atoms with van der Waals surface area (Å²) in [5.74, 6) is 5.64. The Morgan fingerprint density at radius 1 is 1.24 bits per heavy atom.